The second-order valence-electron chi connectivity index (χ2n) is 6.44. The number of benzene rings is 1. The zero-order valence-electron chi connectivity index (χ0n) is 13.1. The molecule has 0 bridgehead atoms. The van der Waals surface area contributed by atoms with E-state index in [1.165, 1.54) is 11.1 Å². The van der Waals surface area contributed by atoms with E-state index < -0.39 is 0 Å². The minimum absolute atomic E-state index is 0.133. The number of aliphatic hydroxyl groups is 1. The van der Waals surface area contributed by atoms with Crippen molar-refractivity contribution in [2.45, 2.75) is 52.8 Å². The third-order valence-corrected chi connectivity index (χ3v) is 3.11. The van der Waals surface area contributed by atoms with Gasteiger partial charge < -0.3 is 15.3 Å². The number of nitrogens with zero attached hydrogens (tertiary/aromatic N) is 1. The SMILES string of the molecule is Cc1cc(N(C)CC(C)O)ccc1CNC(C)(C)C. The molecule has 1 aromatic rings. The summed E-state index contributed by atoms with van der Waals surface area (Å²) in [6.45, 7) is 12.0. The Balaban J connectivity index is 2.74. The number of likely N-dealkylation sites (N-methyl/N-ethyl adjacent to an activating group) is 1. The van der Waals surface area contributed by atoms with E-state index in [2.05, 4.69) is 56.1 Å². The van der Waals surface area contributed by atoms with E-state index in [9.17, 15) is 5.11 Å². The van der Waals surface area contributed by atoms with Crippen LogP contribution in [0.3, 0.4) is 0 Å². The largest absolute Gasteiger partial charge is 0.392 e. The number of anilines is 1. The van der Waals surface area contributed by atoms with Crippen molar-refractivity contribution in [3.8, 4) is 0 Å². The molecule has 0 radical (unpaired) electrons. The van der Waals surface area contributed by atoms with Crippen LogP contribution in [0.5, 0.6) is 0 Å². The highest BCUT2D eigenvalue weighted by molar-refractivity contribution is 5.50. The van der Waals surface area contributed by atoms with Gasteiger partial charge in [0.1, 0.15) is 0 Å². The smallest absolute Gasteiger partial charge is 0.0686 e. The van der Waals surface area contributed by atoms with Gasteiger partial charge in [-0.05, 0) is 57.9 Å². The van der Waals surface area contributed by atoms with Gasteiger partial charge in [0.05, 0.1) is 6.10 Å². The van der Waals surface area contributed by atoms with E-state index in [0.29, 0.717) is 6.54 Å². The number of hydrogen-bond acceptors (Lipinski definition) is 3. The van der Waals surface area contributed by atoms with Gasteiger partial charge in [0.25, 0.3) is 0 Å². The third-order valence-electron chi connectivity index (χ3n) is 3.11. The quantitative estimate of drug-likeness (QED) is 0.858. The molecule has 0 fully saturated rings. The van der Waals surface area contributed by atoms with Crippen molar-refractivity contribution < 1.29 is 5.11 Å². The highest BCUT2D eigenvalue weighted by atomic mass is 16.3. The number of hydrogen-bond donors (Lipinski definition) is 2. The molecule has 0 heterocycles. The van der Waals surface area contributed by atoms with Crippen molar-refractivity contribution in [3.05, 3.63) is 29.3 Å². The molecule has 1 aromatic carbocycles. The fraction of sp³-hybridized carbons (Fsp3) is 0.625. The first-order valence-corrected chi connectivity index (χ1v) is 6.93. The van der Waals surface area contributed by atoms with Crippen LogP contribution in [0.1, 0.15) is 38.8 Å². The highest BCUT2D eigenvalue weighted by Gasteiger charge is 2.10. The topological polar surface area (TPSA) is 35.5 Å². The zero-order chi connectivity index (χ0) is 14.6. The van der Waals surface area contributed by atoms with E-state index in [-0.39, 0.29) is 11.6 Å². The molecule has 19 heavy (non-hydrogen) atoms. The van der Waals surface area contributed by atoms with E-state index in [4.69, 9.17) is 0 Å². The van der Waals surface area contributed by atoms with Crippen LogP contribution in [-0.4, -0.2) is 30.3 Å². The average molecular weight is 264 g/mol. The van der Waals surface area contributed by atoms with Crippen LogP contribution in [0.4, 0.5) is 5.69 Å². The highest BCUT2D eigenvalue weighted by Crippen LogP contribution is 2.19. The monoisotopic (exact) mass is 264 g/mol. The molecule has 1 rings (SSSR count). The number of nitrogens with one attached hydrogen (secondary N) is 1. The summed E-state index contributed by atoms with van der Waals surface area (Å²) in [5.41, 5.74) is 3.89. The van der Waals surface area contributed by atoms with Gasteiger partial charge in [-0.1, -0.05) is 6.07 Å². The van der Waals surface area contributed by atoms with E-state index >= 15 is 0 Å². The maximum atomic E-state index is 9.43. The molecule has 0 aliphatic rings. The summed E-state index contributed by atoms with van der Waals surface area (Å²) in [6.07, 6.45) is -0.312. The van der Waals surface area contributed by atoms with Gasteiger partial charge in [-0.3, -0.25) is 0 Å². The molecule has 3 heteroatoms. The van der Waals surface area contributed by atoms with Crippen LogP contribution >= 0.6 is 0 Å². The second-order valence-corrected chi connectivity index (χ2v) is 6.44. The minimum atomic E-state index is -0.312. The Morgan fingerprint density at radius 3 is 2.42 bits per heavy atom. The molecule has 0 spiro atoms. The van der Waals surface area contributed by atoms with Gasteiger partial charge >= 0.3 is 0 Å². The summed E-state index contributed by atoms with van der Waals surface area (Å²) in [5, 5.41) is 12.9. The molecule has 0 aliphatic carbocycles. The first kappa shape index (κ1) is 16.0. The minimum Gasteiger partial charge on any atom is -0.392 e. The van der Waals surface area contributed by atoms with Crippen molar-refractivity contribution in [2.75, 3.05) is 18.5 Å². The summed E-state index contributed by atoms with van der Waals surface area (Å²) in [5.74, 6) is 0. The normalized spacial score (nSPS) is 13.4. The van der Waals surface area contributed by atoms with Gasteiger partial charge in [0.2, 0.25) is 0 Å². The number of aryl methyl sites for hydroxylation is 1. The van der Waals surface area contributed by atoms with Gasteiger partial charge in [0.15, 0.2) is 0 Å². The fourth-order valence-corrected chi connectivity index (χ4v) is 1.98. The molecule has 3 nitrogen and oxygen atoms in total. The molecule has 1 unspecified atom stereocenters. The van der Waals surface area contributed by atoms with E-state index in [0.717, 1.165) is 12.2 Å². The average Bonchev–Trinajstić information content (AvgIpc) is 2.25. The van der Waals surface area contributed by atoms with Gasteiger partial charge in [-0.15, -0.1) is 0 Å². The van der Waals surface area contributed by atoms with E-state index in [1.807, 2.05) is 14.0 Å². The predicted molar refractivity (Wildman–Crippen MR) is 82.7 cm³/mol. The lowest BCUT2D eigenvalue weighted by Gasteiger charge is -2.24. The van der Waals surface area contributed by atoms with E-state index in [1.54, 1.807) is 0 Å². The van der Waals surface area contributed by atoms with Crippen LogP contribution in [0, 0.1) is 6.92 Å². The van der Waals surface area contributed by atoms with Crippen molar-refractivity contribution >= 4 is 5.69 Å². The van der Waals surface area contributed by atoms with Crippen LogP contribution in [0.2, 0.25) is 0 Å². The number of rotatable bonds is 5. The molecular formula is C16H28N2O. The molecular weight excluding hydrogens is 236 g/mol. The Labute approximate surface area is 117 Å². The molecule has 0 amide bonds. The standard InChI is InChI=1S/C16H28N2O/c1-12-9-15(18(6)11-13(2)19)8-7-14(12)10-17-16(3,4)5/h7-9,13,17,19H,10-11H2,1-6H3. The first-order chi connectivity index (χ1) is 8.69. The van der Waals surface area contributed by atoms with Crippen LogP contribution < -0.4 is 10.2 Å². The summed E-state index contributed by atoms with van der Waals surface area (Å²) in [6, 6.07) is 6.47. The lowest BCUT2D eigenvalue weighted by Crippen LogP contribution is -2.35. The predicted octanol–water partition coefficient (Wildman–Crippen LogP) is 2.70. The second kappa shape index (κ2) is 6.40. The molecule has 108 valence electrons. The molecule has 0 aromatic heterocycles. The van der Waals surface area contributed by atoms with Gasteiger partial charge in [0, 0.05) is 31.4 Å². The Morgan fingerprint density at radius 1 is 1.32 bits per heavy atom. The number of aliphatic hydroxyl groups excluding tert-OH is 1. The van der Waals surface area contributed by atoms with Crippen LogP contribution in [-0.2, 0) is 6.54 Å². The fourth-order valence-electron chi connectivity index (χ4n) is 1.98. The molecule has 2 N–H and O–H groups in total. The summed E-state index contributed by atoms with van der Waals surface area (Å²) in [7, 11) is 2.01. The molecule has 0 saturated carbocycles. The molecule has 1 atom stereocenters. The van der Waals surface area contributed by atoms with Crippen LogP contribution in [0.15, 0.2) is 18.2 Å². The van der Waals surface area contributed by atoms with Gasteiger partial charge in [-0.2, -0.15) is 0 Å². The van der Waals surface area contributed by atoms with Crippen molar-refractivity contribution in [3.63, 3.8) is 0 Å². The molecule has 0 saturated heterocycles. The summed E-state index contributed by atoms with van der Waals surface area (Å²) < 4.78 is 0. The Morgan fingerprint density at radius 2 is 1.95 bits per heavy atom. The lowest BCUT2D eigenvalue weighted by atomic mass is 10.0. The maximum absolute atomic E-state index is 9.43. The maximum Gasteiger partial charge on any atom is 0.0686 e. The van der Waals surface area contributed by atoms with Gasteiger partial charge in [-0.25, -0.2) is 0 Å². The van der Waals surface area contributed by atoms with Crippen molar-refractivity contribution in [2.24, 2.45) is 0 Å². The summed E-state index contributed by atoms with van der Waals surface area (Å²) >= 11 is 0. The zero-order valence-corrected chi connectivity index (χ0v) is 13.1. The Kier molecular flexibility index (Phi) is 5.39. The van der Waals surface area contributed by atoms with Crippen molar-refractivity contribution in [1.29, 1.82) is 0 Å². The van der Waals surface area contributed by atoms with Crippen LogP contribution in [0.25, 0.3) is 0 Å². The Bertz CT molecular complexity index is 408. The Hall–Kier alpha value is -1.06. The third kappa shape index (κ3) is 5.62. The molecule has 0 aliphatic heterocycles. The summed E-state index contributed by atoms with van der Waals surface area (Å²) in [4.78, 5) is 2.08. The first-order valence-electron chi connectivity index (χ1n) is 6.93. The lowest BCUT2D eigenvalue weighted by molar-refractivity contribution is 0.201. The van der Waals surface area contributed by atoms with Crippen molar-refractivity contribution in [1.82, 2.24) is 5.32 Å².